The molecular formula is C14H18ClN. The van der Waals surface area contributed by atoms with Crippen LogP contribution in [-0.2, 0) is 5.41 Å². The average Bonchev–Trinajstić information content (AvgIpc) is 2.31. The largest absolute Gasteiger partial charge is 0.197 e. The van der Waals surface area contributed by atoms with E-state index in [0.717, 1.165) is 18.4 Å². The summed E-state index contributed by atoms with van der Waals surface area (Å²) >= 11 is 5.75. The lowest BCUT2D eigenvalue weighted by molar-refractivity contribution is 0.366. The highest BCUT2D eigenvalue weighted by Gasteiger charge is 2.35. The third-order valence-corrected chi connectivity index (χ3v) is 3.45. The highest BCUT2D eigenvalue weighted by atomic mass is 35.5. The monoisotopic (exact) mass is 235 g/mol. The molecular weight excluding hydrogens is 218 g/mol. The van der Waals surface area contributed by atoms with Crippen molar-refractivity contribution in [3.05, 3.63) is 35.9 Å². The normalized spacial score (nSPS) is 14.4. The molecule has 0 bridgehead atoms. The predicted molar refractivity (Wildman–Crippen MR) is 68.5 cm³/mol. The zero-order chi connectivity index (χ0) is 12.0. The molecule has 2 heteroatoms. The standard InChI is InChI=1S/C14H18ClN/c1-12(2)14(11-16,9-6-10-15)13-7-4-3-5-8-13/h3-5,7-8,12H,6,9-10H2,1-2H3/t14-/m1/s1. The number of halogens is 1. The molecule has 0 spiro atoms. The predicted octanol–water partition coefficient (Wildman–Crippen LogP) is 4.12. The number of alkyl halides is 1. The molecule has 1 nitrogen and oxygen atoms in total. The second-order valence-electron chi connectivity index (χ2n) is 4.40. The Morgan fingerprint density at radius 1 is 1.31 bits per heavy atom. The molecule has 0 aliphatic heterocycles. The van der Waals surface area contributed by atoms with Crippen LogP contribution in [0, 0.1) is 17.2 Å². The van der Waals surface area contributed by atoms with E-state index in [2.05, 4.69) is 19.9 Å². The van der Waals surface area contributed by atoms with E-state index in [1.807, 2.05) is 30.3 Å². The van der Waals surface area contributed by atoms with Gasteiger partial charge in [-0.2, -0.15) is 5.26 Å². The summed E-state index contributed by atoms with van der Waals surface area (Å²) in [7, 11) is 0. The Bertz CT molecular complexity index is 353. The van der Waals surface area contributed by atoms with Gasteiger partial charge in [-0.15, -0.1) is 11.6 Å². The Morgan fingerprint density at radius 3 is 2.38 bits per heavy atom. The Morgan fingerprint density at radius 2 is 1.94 bits per heavy atom. The molecule has 1 rings (SSSR count). The van der Waals surface area contributed by atoms with Crippen LogP contribution in [0.1, 0.15) is 32.3 Å². The fraction of sp³-hybridized carbons (Fsp3) is 0.500. The second-order valence-corrected chi connectivity index (χ2v) is 4.77. The maximum atomic E-state index is 9.53. The topological polar surface area (TPSA) is 23.8 Å². The highest BCUT2D eigenvalue weighted by molar-refractivity contribution is 6.17. The fourth-order valence-electron chi connectivity index (χ4n) is 2.10. The van der Waals surface area contributed by atoms with E-state index >= 15 is 0 Å². The van der Waals surface area contributed by atoms with Gasteiger partial charge in [-0.25, -0.2) is 0 Å². The number of benzene rings is 1. The molecule has 0 aromatic heterocycles. The summed E-state index contributed by atoms with van der Waals surface area (Å²) in [4.78, 5) is 0. The van der Waals surface area contributed by atoms with Gasteiger partial charge in [-0.05, 0) is 24.3 Å². The van der Waals surface area contributed by atoms with Crippen molar-refractivity contribution in [1.29, 1.82) is 5.26 Å². The Balaban J connectivity index is 3.09. The molecule has 0 unspecified atom stereocenters. The molecule has 1 aromatic carbocycles. The molecule has 16 heavy (non-hydrogen) atoms. The van der Waals surface area contributed by atoms with Crippen LogP contribution in [0.25, 0.3) is 0 Å². The van der Waals surface area contributed by atoms with Crippen molar-refractivity contribution < 1.29 is 0 Å². The first-order chi connectivity index (χ1) is 7.67. The number of hydrogen-bond donors (Lipinski definition) is 0. The van der Waals surface area contributed by atoms with Crippen molar-refractivity contribution in [1.82, 2.24) is 0 Å². The Labute approximate surface area is 103 Å². The van der Waals surface area contributed by atoms with Crippen LogP contribution in [0.2, 0.25) is 0 Å². The molecule has 0 amide bonds. The van der Waals surface area contributed by atoms with Crippen LogP contribution < -0.4 is 0 Å². The van der Waals surface area contributed by atoms with Crippen molar-refractivity contribution in [2.24, 2.45) is 5.92 Å². The zero-order valence-electron chi connectivity index (χ0n) is 9.91. The molecule has 0 saturated carbocycles. The zero-order valence-corrected chi connectivity index (χ0v) is 10.7. The summed E-state index contributed by atoms with van der Waals surface area (Å²) in [5.74, 6) is 0.909. The molecule has 0 fully saturated rings. The van der Waals surface area contributed by atoms with Crippen LogP contribution >= 0.6 is 11.6 Å². The fourth-order valence-corrected chi connectivity index (χ4v) is 2.23. The quantitative estimate of drug-likeness (QED) is 0.705. The van der Waals surface area contributed by atoms with Crippen LogP contribution in [-0.4, -0.2) is 5.88 Å². The first kappa shape index (κ1) is 13.1. The molecule has 0 heterocycles. The summed E-state index contributed by atoms with van der Waals surface area (Å²) < 4.78 is 0. The summed E-state index contributed by atoms with van der Waals surface area (Å²) in [5, 5.41) is 9.53. The number of rotatable bonds is 5. The SMILES string of the molecule is CC(C)[C@](C#N)(CCCCl)c1ccccc1. The summed E-state index contributed by atoms with van der Waals surface area (Å²) in [6.45, 7) is 4.20. The van der Waals surface area contributed by atoms with E-state index in [9.17, 15) is 5.26 Å². The van der Waals surface area contributed by atoms with Crippen LogP contribution in [0.4, 0.5) is 0 Å². The maximum Gasteiger partial charge on any atom is 0.0845 e. The van der Waals surface area contributed by atoms with E-state index in [1.165, 1.54) is 0 Å². The Hall–Kier alpha value is -1.00. The number of hydrogen-bond acceptors (Lipinski definition) is 1. The minimum absolute atomic E-state index is 0.295. The van der Waals surface area contributed by atoms with Gasteiger partial charge in [0.1, 0.15) is 0 Å². The third-order valence-electron chi connectivity index (χ3n) is 3.18. The van der Waals surface area contributed by atoms with Crippen molar-refractivity contribution >= 4 is 11.6 Å². The summed E-state index contributed by atoms with van der Waals surface area (Å²) in [6.07, 6.45) is 1.71. The van der Waals surface area contributed by atoms with Crippen molar-refractivity contribution in [3.8, 4) is 6.07 Å². The van der Waals surface area contributed by atoms with Crippen molar-refractivity contribution in [3.63, 3.8) is 0 Å². The lowest BCUT2D eigenvalue weighted by Gasteiger charge is -2.31. The van der Waals surface area contributed by atoms with Gasteiger partial charge in [0, 0.05) is 5.88 Å². The van der Waals surface area contributed by atoms with Gasteiger partial charge in [-0.3, -0.25) is 0 Å². The molecule has 0 N–H and O–H groups in total. The van der Waals surface area contributed by atoms with Crippen molar-refractivity contribution in [2.75, 3.05) is 5.88 Å². The first-order valence-electron chi connectivity index (χ1n) is 5.70. The number of nitrogens with zero attached hydrogens (tertiary/aromatic N) is 1. The van der Waals surface area contributed by atoms with Gasteiger partial charge in [0.05, 0.1) is 11.5 Å². The molecule has 0 radical (unpaired) electrons. The van der Waals surface area contributed by atoms with E-state index in [0.29, 0.717) is 11.8 Å². The Kier molecular flexibility index (Phi) is 4.83. The molecule has 0 aliphatic carbocycles. The maximum absolute atomic E-state index is 9.53. The van der Waals surface area contributed by atoms with Gasteiger partial charge >= 0.3 is 0 Å². The molecule has 1 atom stereocenters. The molecule has 0 aliphatic rings. The average molecular weight is 236 g/mol. The molecule has 86 valence electrons. The van der Waals surface area contributed by atoms with Gasteiger partial charge in [0.2, 0.25) is 0 Å². The van der Waals surface area contributed by atoms with E-state index in [-0.39, 0.29) is 0 Å². The van der Waals surface area contributed by atoms with Crippen LogP contribution in [0.3, 0.4) is 0 Å². The molecule has 1 aromatic rings. The second kappa shape index (κ2) is 5.92. The van der Waals surface area contributed by atoms with Crippen LogP contribution in [0.5, 0.6) is 0 Å². The van der Waals surface area contributed by atoms with E-state index in [4.69, 9.17) is 11.6 Å². The van der Waals surface area contributed by atoms with E-state index in [1.54, 1.807) is 0 Å². The van der Waals surface area contributed by atoms with Gasteiger partial charge in [0.15, 0.2) is 0 Å². The summed E-state index contributed by atoms with van der Waals surface area (Å²) in [5.41, 5.74) is 0.716. The first-order valence-corrected chi connectivity index (χ1v) is 6.23. The van der Waals surface area contributed by atoms with Crippen LogP contribution in [0.15, 0.2) is 30.3 Å². The third kappa shape index (κ3) is 2.57. The molecule has 0 saturated heterocycles. The van der Waals surface area contributed by atoms with Gasteiger partial charge in [-0.1, -0.05) is 44.2 Å². The number of nitriles is 1. The summed E-state index contributed by atoms with van der Waals surface area (Å²) in [6, 6.07) is 12.5. The lowest BCUT2D eigenvalue weighted by Crippen LogP contribution is -2.30. The minimum atomic E-state index is -0.393. The minimum Gasteiger partial charge on any atom is -0.197 e. The lowest BCUT2D eigenvalue weighted by atomic mass is 9.70. The van der Waals surface area contributed by atoms with Gasteiger partial charge < -0.3 is 0 Å². The van der Waals surface area contributed by atoms with E-state index < -0.39 is 5.41 Å². The van der Waals surface area contributed by atoms with Crippen molar-refractivity contribution in [2.45, 2.75) is 32.1 Å². The van der Waals surface area contributed by atoms with Gasteiger partial charge in [0.25, 0.3) is 0 Å². The highest BCUT2D eigenvalue weighted by Crippen LogP contribution is 2.36. The smallest absolute Gasteiger partial charge is 0.0845 e.